The fraction of sp³-hybridized carbons (Fsp3) is 0.308. The first-order chi connectivity index (χ1) is 7.65. The molecule has 1 aromatic carbocycles. The van der Waals surface area contributed by atoms with Gasteiger partial charge in [-0.2, -0.15) is 0 Å². The summed E-state index contributed by atoms with van der Waals surface area (Å²) in [6, 6.07) is 3.61. The molecule has 86 valence electrons. The van der Waals surface area contributed by atoms with Crippen molar-refractivity contribution in [2.45, 2.75) is 25.7 Å². The molecule has 0 saturated carbocycles. The summed E-state index contributed by atoms with van der Waals surface area (Å²) in [5, 5.41) is 0. The Morgan fingerprint density at radius 1 is 1.31 bits per heavy atom. The van der Waals surface area contributed by atoms with Crippen molar-refractivity contribution in [1.82, 2.24) is 0 Å². The van der Waals surface area contributed by atoms with Crippen molar-refractivity contribution in [2.24, 2.45) is 0 Å². The fourth-order valence-corrected chi connectivity index (χ4v) is 1.43. The number of Topliss-reactive ketones (excluding diaryl/α,β-unsaturated/α-hetero) is 1. The molecular formula is C13H14F2O. The molecule has 1 rings (SSSR count). The highest BCUT2D eigenvalue weighted by Gasteiger charge is 2.12. The summed E-state index contributed by atoms with van der Waals surface area (Å²) in [5.41, 5.74) is -0.133. The molecule has 0 fully saturated rings. The van der Waals surface area contributed by atoms with E-state index in [2.05, 4.69) is 6.58 Å². The number of rotatable bonds is 6. The molecule has 0 heterocycles. The molecular weight excluding hydrogens is 210 g/mol. The van der Waals surface area contributed by atoms with E-state index in [1.54, 1.807) is 6.08 Å². The quantitative estimate of drug-likeness (QED) is 0.534. The Morgan fingerprint density at radius 2 is 1.94 bits per heavy atom. The smallest absolute Gasteiger partial charge is 0.137 e. The fourth-order valence-electron chi connectivity index (χ4n) is 1.43. The van der Waals surface area contributed by atoms with E-state index in [9.17, 15) is 13.6 Å². The van der Waals surface area contributed by atoms with Gasteiger partial charge in [-0.3, -0.25) is 4.79 Å². The van der Waals surface area contributed by atoms with E-state index >= 15 is 0 Å². The van der Waals surface area contributed by atoms with Gasteiger partial charge in [-0.1, -0.05) is 12.1 Å². The number of benzene rings is 1. The predicted molar refractivity (Wildman–Crippen MR) is 59.1 cm³/mol. The molecule has 0 bridgehead atoms. The second kappa shape index (κ2) is 6.16. The van der Waals surface area contributed by atoms with Crippen molar-refractivity contribution in [2.75, 3.05) is 0 Å². The molecule has 0 N–H and O–H groups in total. The maximum absolute atomic E-state index is 13.2. The van der Waals surface area contributed by atoms with E-state index < -0.39 is 11.6 Å². The minimum absolute atomic E-state index is 0.133. The zero-order valence-electron chi connectivity index (χ0n) is 9.01. The highest BCUT2D eigenvalue weighted by atomic mass is 19.1. The molecule has 0 spiro atoms. The van der Waals surface area contributed by atoms with Crippen LogP contribution in [0.3, 0.4) is 0 Å². The lowest BCUT2D eigenvalue weighted by molar-refractivity contribution is -0.118. The van der Waals surface area contributed by atoms with Crippen molar-refractivity contribution in [1.29, 1.82) is 0 Å². The normalized spacial score (nSPS) is 10.1. The molecule has 0 aliphatic heterocycles. The highest BCUT2D eigenvalue weighted by molar-refractivity contribution is 5.80. The standard InChI is InChI=1S/C13H14F2O/c1-2-3-4-6-10(16)9-11-12(14)7-5-8-13(11)15/h2,5,7-8H,1,3-4,6,9H2. The molecule has 1 aromatic rings. The number of ketones is 1. The van der Waals surface area contributed by atoms with Crippen LogP contribution in [0.5, 0.6) is 0 Å². The number of unbranched alkanes of at least 4 members (excludes halogenated alkanes) is 1. The Balaban J connectivity index is 2.59. The lowest BCUT2D eigenvalue weighted by Crippen LogP contribution is -2.06. The van der Waals surface area contributed by atoms with E-state index in [0.717, 1.165) is 18.6 Å². The SMILES string of the molecule is C=CCCCC(=O)Cc1c(F)cccc1F. The van der Waals surface area contributed by atoms with Crippen LogP contribution in [0.4, 0.5) is 8.78 Å². The van der Waals surface area contributed by atoms with Crippen LogP contribution in [0.2, 0.25) is 0 Å². The lowest BCUT2D eigenvalue weighted by Gasteiger charge is -2.03. The van der Waals surface area contributed by atoms with Gasteiger partial charge < -0.3 is 0 Å². The molecule has 0 atom stereocenters. The molecule has 0 unspecified atom stereocenters. The summed E-state index contributed by atoms with van der Waals surface area (Å²) >= 11 is 0. The first-order valence-corrected chi connectivity index (χ1v) is 5.20. The predicted octanol–water partition coefficient (Wildman–Crippen LogP) is 3.43. The average Bonchev–Trinajstić information content (AvgIpc) is 2.24. The minimum Gasteiger partial charge on any atom is -0.299 e. The van der Waals surface area contributed by atoms with Crippen molar-refractivity contribution in [3.05, 3.63) is 48.1 Å². The van der Waals surface area contributed by atoms with Crippen LogP contribution >= 0.6 is 0 Å². The van der Waals surface area contributed by atoms with Crippen LogP contribution in [0.1, 0.15) is 24.8 Å². The minimum atomic E-state index is -0.655. The Bertz CT molecular complexity index is 365. The summed E-state index contributed by atoms with van der Waals surface area (Å²) in [5.74, 6) is -1.46. The topological polar surface area (TPSA) is 17.1 Å². The van der Waals surface area contributed by atoms with Gasteiger partial charge in [-0.25, -0.2) is 8.78 Å². The van der Waals surface area contributed by atoms with Gasteiger partial charge in [0, 0.05) is 18.4 Å². The van der Waals surface area contributed by atoms with E-state index in [1.165, 1.54) is 6.07 Å². The van der Waals surface area contributed by atoms with Gasteiger partial charge in [-0.05, 0) is 25.0 Å². The molecule has 1 nitrogen and oxygen atoms in total. The molecule has 0 amide bonds. The van der Waals surface area contributed by atoms with Crippen LogP contribution in [0.25, 0.3) is 0 Å². The third-order valence-electron chi connectivity index (χ3n) is 2.30. The number of carbonyl (C=O) groups excluding carboxylic acids is 1. The van der Waals surface area contributed by atoms with Gasteiger partial charge in [0.15, 0.2) is 0 Å². The molecule has 3 heteroatoms. The second-order valence-corrected chi connectivity index (χ2v) is 3.60. The summed E-state index contributed by atoms with van der Waals surface area (Å²) < 4.78 is 26.4. The van der Waals surface area contributed by atoms with Gasteiger partial charge in [0.05, 0.1) is 0 Å². The van der Waals surface area contributed by atoms with E-state index in [1.807, 2.05) is 0 Å². The first kappa shape index (κ1) is 12.6. The summed E-state index contributed by atoms with van der Waals surface area (Å²) in [4.78, 5) is 11.4. The number of halogens is 2. The third kappa shape index (κ3) is 3.57. The van der Waals surface area contributed by atoms with Crippen molar-refractivity contribution >= 4 is 5.78 Å². The number of allylic oxidation sites excluding steroid dienone is 1. The van der Waals surface area contributed by atoms with Gasteiger partial charge in [0.1, 0.15) is 17.4 Å². The van der Waals surface area contributed by atoms with Gasteiger partial charge >= 0.3 is 0 Å². The second-order valence-electron chi connectivity index (χ2n) is 3.60. The molecule has 0 aliphatic rings. The van der Waals surface area contributed by atoms with Crippen LogP contribution in [-0.2, 0) is 11.2 Å². The van der Waals surface area contributed by atoms with Crippen LogP contribution in [-0.4, -0.2) is 5.78 Å². The first-order valence-electron chi connectivity index (χ1n) is 5.20. The Labute approximate surface area is 93.8 Å². The van der Waals surface area contributed by atoms with Crippen LogP contribution in [0.15, 0.2) is 30.9 Å². The van der Waals surface area contributed by atoms with Crippen molar-refractivity contribution in [3.63, 3.8) is 0 Å². The van der Waals surface area contributed by atoms with Crippen LogP contribution < -0.4 is 0 Å². The Hall–Kier alpha value is -1.51. The van der Waals surface area contributed by atoms with Gasteiger partial charge in [0.2, 0.25) is 0 Å². The van der Waals surface area contributed by atoms with Crippen molar-refractivity contribution in [3.8, 4) is 0 Å². The van der Waals surface area contributed by atoms with E-state index in [-0.39, 0.29) is 17.8 Å². The largest absolute Gasteiger partial charge is 0.299 e. The van der Waals surface area contributed by atoms with Crippen molar-refractivity contribution < 1.29 is 13.6 Å². The summed E-state index contributed by atoms with van der Waals surface area (Å²) in [7, 11) is 0. The summed E-state index contributed by atoms with van der Waals surface area (Å²) in [6.07, 6.45) is 3.30. The maximum Gasteiger partial charge on any atom is 0.137 e. The maximum atomic E-state index is 13.2. The highest BCUT2D eigenvalue weighted by Crippen LogP contribution is 2.14. The summed E-state index contributed by atoms with van der Waals surface area (Å²) in [6.45, 7) is 3.54. The zero-order valence-corrected chi connectivity index (χ0v) is 9.01. The lowest BCUT2D eigenvalue weighted by atomic mass is 10.0. The molecule has 0 saturated heterocycles. The average molecular weight is 224 g/mol. The van der Waals surface area contributed by atoms with E-state index in [4.69, 9.17) is 0 Å². The molecule has 16 heavy (non-hydrogen) atoms. The monoisotopic (exact) mass is 224 g/mol. The van der Waals surface area contributed by atoms with Gasteiger partial charge in [0.25, 0.3) is 0 Å². The van der Waals surface area contributed by atoms with Gasteiger partial charge in [-0.15, -0.1) is 6.58 Å². The zero-order chi connectivity index (χ0) is 12.0. The number of carbonyl (C=O) groups is 1. The molecule has 0 radical (unpaired) electrons. The van der Waals surface area contributed by atoms with Crippen LogP contribution in [0, 0.1) is 11.6 Å². The third-order valence-corrected chi connectivity index (χ3v) is 2.30. The van der Waals surface area contributed by atoms with E-state index in [0.29, 0.717) is 12.8 Å². The Kier molecular flexibility index (Phi) is 4.83. The molecule has 0 aromatic heterocycles. The number of hydrogen-bond donors (Lipinski definition) is 0. The Morgan fingerprint density at radius 3 is 2.50 bits per heavy atom. The molecule has 0 aliphatic carbocycles. The number of hydrogen-bond acceptors (Lipinski definition) is 1.